The van der Waals surface area contributed by atoms with Crippen LogP contribution in [0.5, 0.6) is 0 Å². The molecule has 0 saturated heterocycles. The van der Waals surface area contributed by atoms with Crippen LogP contribution < -0.4 is 38.9 Å². The molecule has 5 unspecified atom stereocenters. The van der Waals surface area contributed by atoms with Gasteiger partial charge in [0, 0.05) is 13.0 Å². The third-order valence-electron chi connectivity index (χ3n) is 5.24. The van der Waals surface area contributed by atoms with E-state index in [0.717, 1.165) is 0 Å². The van der Waals surface area contributed by atoms with Crippen molar-refractivity contribution in [3.05, 3.63) is 0 Å². The fourth-order valence-electron chi connectivity index (χ4n) is 3.09. The monoisotopic (exact) mass is 532 g/mol. The molecule has 0 radical (unpaired) electrons. The van der Waals surface area contributed by atoms with Gasteiger partial charge in [0.15, 0.2) is 5.96 Å². The van der Waals surface area contributed by atoms with E-state index >= 15 is 0 Å². The smallest absolute Gasteiger partial charge is 0.326 e. The summed E-state index contributed by atoms with van der Waals surface area (Å²) in [4.78, 5) is 64.4. The van der Waals surface area contributed by atoms with Crippen molar-refractivity contribution in [1.82, 2.24) is 16.0 Å². The molecule has 0 aromatic heterocycles. The van der Waals surface area contributed by atoms with Gasteiger partial charge in [0.25, 0.3) is 0 Å². The highest BCUT2D eigenvalue weighted by Crippen LogP contribution is 2.07. The fraction of sp³-hybridized carbons (Fsp3) is 0.714. The molecule has 0 aliphatic heterocycles. The Morgan fingerprint density at radius 1 is 0.811 bits per heavy atom. The first-order chi connectivity index (χ1) is 17.3. The molecule has 0 aliphatic carbocycles. The fourth-order valence-corrected chi connectivity index (χ4v) is 3.09. The Balaban J connectivity index is 5.64. The molecular weight excluding hydrogens is 492 g/mol. The van der Waals surface area contributed by atoms with E-state index in [1.54, 1.807) is 0 Å². The maximum Gasteiger partial charge on any atom is 0.326 e. The maximum absolute atomic E-state index is 13.1. The number of aliphatic hydroxyl groups excluding tert-OH is 1. The number of amides is 3. The van der Waals surface area contributed by atoms with Crippen molar-refractivity contribution in [2.45, 2.75) is 82.1 Å². The van der Waals surface area contributed by atoms with Crippen molar-refractivity contribution in [3.63, 3.8) is 0 Å². The van der Waals surface area contributed by atoms with Crippen LogP contribution in [0.1, 0.15) is 51.9 Å². The van der Waals surface area contributed by atoms with Crippen LogP contribution in [0.15, 0.2) is 4.99 Å². The highest BCUT2D eigenvalue weighted by Gasteiger charge is 2.30. The molecule has 0 aromatic rings. The normalized spacial score (nSPS) is 14.8. The van der Waals surface area contributed by atoms with Crippen molar-refractivity contribution in [2.24, 2.45) is 27.9 Å². The number of aliphatic imine (C=N–C) groups is 1. The van der Waals surface area contributed by atoms with E-state index in [2.05, 4.69) is 20.9 Å². The number of nitrogens with zero attached hydrogens (tertiary/aromatic N) is 1. The molecule has 3 amide bonds. The highest BCUT2D eigenvalue weighted by atomic mass is 16.4. The van der Waals surface area contributed by atoms with E-state index in [1.165, 1.54) is 6.92 Å². The molecule has 0 saturated carbocycles. The molecule has 0 heterocycles. The van der Waals surface area contributed by atoms with Crippen molar-refractivity contribution in [1.29, 1.82) is 0 Å². The second kappa shape index (κ2) is 17.9. The Kier molecular flexibility index (Phi) is 16.2. The minimum atomic E-state index is -1.49. The molecule has 0 aromatic carbocycles. The van der Waals surface area contributed by atoms with Gasteiger partial charge in [-0.25, -0.2) is 4.79 Å². The number of carbonyl (C=O) groups excluding carboxylic acids is 3. The lowest BCUT2D eigenvalue weighted by Crippen LogP contribution is -2.58. The summed E-state index contributed by atoms with van der Waals surface area (Å²) in [5, 5.41) is 34.9. The Hall–Kier alpha value is -3.50. The van der Waals surface area contributed by atoms with Crippen LogP contribution in [0.25, 0.3) is 0 Å². The van der Waals surface area contributed by atoms with Crippen LogP contribution in [-0.2, 0) is 24.0 Å². The van der Waals surface area contributed by atoms with E-state index in [1.807, 2.05) is 0 Å². The van der Waals surface area contributed by atoms with E-state index in [4.69, 9.17) is 28.0 Å². The second-order valence-electron chi connectivity index (χ2n) is 8.45. The molecular formula is C21H40N8O8. The number of rotatable bonds is 19. The number of nitrogens with one attached hydrogen (secondary N) is 3. The molecule has 16 heteroatoms. The van der Waals surface area contributed by atoms with Gasteiger partial charge in [-0.15, -0.1) is 0 Å². The van der Waals surface area contributed by atoms with Gasteiger partial charge in [0.1, 0.15) is 24.2 Å². The zero-order valence-electron chi connectivity index (χ0n) is 20.9. The summed E-state index contributed by atoms with van der Waals surface area (Å²) in [5.41, 5.74) is 21.7. The van der Waals surface area contributed by atoms with Crippen molar-refractivity contribution >= 4 is 35.6 Å². The standard InChI is InChI=1S/C21H40N8O8/c1-11(30)16(23)19(35)28-13(6-4-10-26-21(24)25)17(33)27-12(5-2-3-9-22)18(34)29-14(20(36)37)7-8-15(31)32/h11-14,16,30H,2-10,22-23H2,1H3,(H,27,33)(H,28,35)(H,29,34)(H,31,32)(H,36,37)(H4,24,25,26). The minimum Gasteiger partial charge on any atom is -0.481 e. The lowest BCUT2D eigenvalue weighted by Gasteiger charge is -2.25. The molecule has 5 atom stereocenters. The van der Waals surface area contributed by atoms with Crippen LogP contribution in [0.3, 0.4) is 0 Å². The van der Waals surface area contributed by atoms with Gasteiger partial charge >= 0.3 is 11.9 Å². The van der Waals surface area contributed by atoms with Gasteiger partial charge in [0.05, 0.1) is 6.10 Å². The van der Waals surface area contributed by atoms with Gasteiger partial charge in [-0.2, -0.15) is 0 Å². The van der Waals surface area contributed by atoms with Crippen molar-refractivity contribution in [2.75, 3.05) is 13.1 Å². The van der Waals surface area contributed by atoms with E-state index in [-0.39, 0.29) is 38.2 Å². The number of guanidine groups is 1. The topological polar surface area (TPSA) is 299 Å². The second-order valence-corrected chi connectivity index (χ2v) is 8.45. The molecule has 212 valence electrons. The molecule has 16 nitrogen and oxygen atoms in total. The summed E-state index contributed by atoms with van der Waals surface area (Å²) in [6.45, 7) is 1.77. The first-order valence-electron chi connectivity index (χ1n) is 11.8. The highest BCUT2D eigenvalue weighted by molar-refractivity contribution is 5.94. The number of nitrogens with two attached hydrogens (primary N) is 4. The molecule has 0 bridgehead atoms. The van der Waals surface area contributed by atoms with E-state index in [0.29, 0.717) is 19.4 Å². The van der Waals surface area contributed by atoms with Gasteiger partial charge < -0.3 is 54.2 Å². The van der Waals surface area contributed by atoms with Gasteiger partial charge in [-0.1, -0.05) is 0 Å². The van der Waals surface area contributed by atoms with Crippen molar-refractivity contribution < 1.29 is 39.3 Å². The van der Waals surface area contributed by atoms with Crippen LogP contribution in [0.4, 0.5) is 0 Å². The number of carboxylic acids is 2. The zero-order chi connectivity index (χ0) is 28.5. The first kappa shape index (κ1) is 33.5. The number of aliphatic hydroxyl groups is 1. The summed E-state index contributed by atoms with van der Waals surface area (Å²) < 4.78 is 0. The maximum atomic E-state index is 13.1. The number of aliphatic carboxylic acids is 2. The lowest BCUT2D eigenvalue weighted by atomic mass is 10.0. The van der Waals surface area contributed by atoms with E-state index in [9.17, 15) is 34.2 Å². The van der Waals surface area contributed by atoms with Crippen LogP contribution in [-0.4, -0.2) is 94.3 Å². The molecule has 0 fully saturated rings. The Labute approximate surface area is 214 Å². The molecule has 0 rings (SSSR count). The van der Waals surface area contributed by atoms with Crippen LogP contribution >= 0.6 is 0 Å². The Bertz CT molecular complexity index is 803. The van der Waals surface area contributed by atoms with Gasteiger partial charge in [0.2, 0.25) is 17.7 Å². The van der Waals surface area contributed by atoms with E-state index < -0.39 is 66.4 Å². The van der Waals surface area contributed by atoms with Crippen LogP contribution in [0, 0.1) is 0 Å². The Morgan fingerprint density at radius 3 is 1.78 bits per heavy atom. The van der Waals surface area contributed by atoms with Gasteiger partial charge in [-0.05, 0) is 52.0 Å². The third-order valence-corrected chi connectivity index (χ3v) is 5.24. The number of carboxylic acid groups (broad SMARTS) is 2. The molecule has 37 heavy (non-hydrogen) atoms. The number of carbonyl (C=O) groups is 5. The summed E-state index contributed by atoms with van der Waals surface area (Å²) in [6, 6.07) is -5.19. The zero-order valence-corrected chi connectivity index (χ0v) is 20.9. The molecule has 0 spiro atoms. The van der Waals surface area contributed by atoms with Crippen molar-refractivity contribution in [3.8, 4) is 0 Å². The summed E-state index contributed by atoms with van der Waals surface area (Å²) in [6.07, 6.45) is -0.704. The van der Waals surface area contributed by atoms with Gasteiger partial charge in [-0.3, -0.25) is 24.2 Å². The number of hydrogen-bond donors (Lipinski definition) is 10. The minimum absolute atomic E-state index is 0.0500. The first-order valence-corrected chi connectivity index (χ1v) is 11.8. The number of unbranched alkanes of at least 4 members (excludes halogenated alkanes) is 1. The molecule has 14 N–H and O–H groups in total. The summed E-state index contributed by atoms with van der Waals surface area (Å²) >= 11 is 0. The lowest BCUT2D eigenvalue weighted by molar-refractivity contribution is -0.143. The molecule has 0 aliphatic rings. The summed E-state index contributed by atoms with van der Waals surface area (Å²) in [5.74, 6) is -5.23. The largest absolute Gasteiger partial charge is 0.481 e. The predicted molar refractivity (Wildman–Crippen MR) is 133 cm³/mol. The number of hydrogen-bond acceptors (Lipinski definition) is 9. The third kappa shape index (κ3) is 14.6. The average Bonchev–Trinajstić information content (AvgIpc) is 2.81. The predicted octanol–water partition coefficient (Wildman–Crippen LogP) is -3.72. The average molecular weight is 533 g/mol. The Morgan fingerprint density at radius 2 is 1.32 bits per heavy atom. The SMILES string of the molecule is CC(O)C(N)C(=O)NC(CCCN=C(N)N)C(=O)NC(CCCCN)C(=O)NC(CCC(=O)O)C(=O)O. The van der Waals surface area contributed by atoms with Crippen LogP contribution in [0.2, 0.25) is 0 Å². The quantitative estimate of drug-likeness (QED) is 0.0436. The summed E-state index contributed by atoms with van der Waals surface area (Å²) in [7, 11) is 0.